The first-order valence-corrected chi connectivity index (χ1v) is 8.87. The van der Waals surface area contributed by atoms with Crippen molar-refractivity contribution in [2.45, 2.75) is 45.2 Å². The molecule has 0 saturated carbocycles. The standard InChI is InChI=1S/C16H25N3O2S/c1-12(2)18-16(21)15(20)17-10-14(13-6-9-22-11-13)19-7-4-3-5-8-19/h6,9,11-12,14H,3-5,7-8,10H2,1-2H3,(H,17,20)(H,18,21). The van der Waals surface area contributed by atoms with Gasteiger partial charge in [0.15, 0.2) is 0 Å². The lowest BCUT2D eigenvalue weighted by Crippen LogP contribution is -2.46. The zero-order valence-electron chi connectivity index (χ0n) is 13.3. The third-order valence-corrected chi connectivity index (χ3v) is 4.54. The maximum atomic E-state index is 11.9. The van der Waals surface area contributed by atoms with E-state index in [2.05, 4.69) is 32.4 Å². The van der Waals surface area contributed by atoms with Crippen molar-refractivity contribution < 1.29 is 9.59 Å². The fourth-order valence-electron chi connectivity index (χ4n) is 2.75. The van der Waals surface area contributed by atoms with E-state index in [0.29, 0.717) is 6.54 Å². The summed E-state index contributed by atoms with van der Waals surface area (Å²) in [6, 6.07) is 2.22. The molecule has 1 saturated heterocycles. The van der Waals surface area contributed by atoms with Crippen LogP contribution >= 0.6 is 11.3 Å². The summed E-state index contributed by atoms with van der Waals surface area (Å²) in [5.41, 5.74) is 1.22. The van der Waals surface area contributed by atoms with E-state index in [9.17, 15) is 9.59 Å². The number of thiophene rings is 1. The van der Waals surface area contributed by atoms with Gasteiger partial charge < -0.3 is 10.6 Å². The highest BCUT2D eigenvalue weighted by atomic mass is 32.1. The Bertz CT molecular complexity index is 482. The van der Waals surface area contributed by atoms with Crippen LogP contribution < -0.4 is 10.6 Å². The smallest absolute Gasteiger partial charge is 0.309 e. The number of nitrogens with one attached hydrogen (secondary N) is 2. The lowest BCUT2D eigenvalue weighted by molar-refractivity contribution is -0.139. The largest absolute Gasteiger partial charge is 0.346 e. The second-order valence-electron chi connectivity index (χ2n) is 6.01. The first-order valence-electron chi connectivity index (χ1n) is 7.92. The van der Waals surface area contributed by atoms with E-state index < -0.39 is 11.8 Å². The van der Waals surface area contributed by atoms with Gasteiger partial charge in [0.2, 0.25) is 0 Å². The number of hydrogen-bond acceptors (Lipinski definition) is 4. The van der Waals surface area contributed by atoms with E-state index in [4.69, 9.17) is 0 Å². The fraction of sp³-hybridized carbons (Fsp3) is 0.625. The molecule has 1 aliphatic rings. The van der Waals surface area contributed by atoms with Crippen LogP contribution in [0.2, 0.25) is 0 Å². The Morgan fingerprint density at radius 3 is 2.55 bits per heavy atom. The van der Waals surface area contributed by atoms with Crippen molar-refractivity contribution in [3.8, 4) is 0 Å². The van der Waals surface area contributed by atoms with E-state index in [1.807, 2.05) is 13.8 Å². The Morgan fingerprint density at radius 1 is 1.23 bits per heavy atom. The van der Waals surface area contributed by atoms with Gasteiger partial charge in [0, 0.05) is 12.6 Å². The minimum Gasteiger partial charge on any atom is -0.346 e. The molecule has 1 aromatic rings. The molecule has 6 heteroatoms. The van der Waals surface area contributed by atoms with Gasteiger partial charge in [-0.05, 0) is 62.2 Å². The molecule has 2 amide bonds. The molecule has 0 aromatic carbocycles. The van der Waals surface area contributed by atoms with Gasteiger partial charge in [0.1, 0.15) is 0 Å². The number of nitrogens with zero attached hydrogens (tertiary/aromatic N) is 1. The van der Waals surface area contributed by atoms with Crippen LogP contribution in [0, 0.1) is 0 Å². The molecule has 1 aromatic heterocycles. The number of carbonyl (C=O) groups excluding carboxylic acids is 2. The second-order valence-corrected chi connectivity index (χ2v) is 6.79. The molecule has 2 heterocycles. The molecular weight excluding hydrogens is 298 g/mol. The Hall–Kier alpha value is -1.40. The molecule has 1 aliphatic heterocycles. The SMILES string of the molecule is CC(C)NC(=O)C(=O)NCC(c1ccsc1)N1CCCCC1. The lowest BCUT2D eigenvalue weighted by atomic mass is 10.0. The maximum absolute atomic E-state index is 11.9. The van der Waals surface area contributed by atoms with Gasteiger partial charge in [0.25, 0.3) is 0 Å². The molecule has 5 nitrogen and oxygen atoms in total. The van der Waals surface area contributed by atoms with Crippen molar-refractivity contribution in [1.82, 2.24) is 15.5 Å². The molecule has 0 aliphatic carbocycles. The summed E-state index contributed by atoms with van der Waals surface area (Å²) in [4.78, 5) is 26.0. The summed E-state index contributed by atoms with van der Waals surface area (Å²) in [6.45, 7) is 6.25. The van der Waals surface area contributed by atoms with Crippen LogP contribution in [0.4, 0.5) is 0 Å². The molecule has 2 rings (SSSR count). The Balaban J connectivity index is 1.95. The van der Waals surface area contributed by atoms with Gasteiger partial charge in [-0.25, -0.2) is 0 Å². The van der Waals surface area contributed by atoms with Gasteiger partial charge in [-0.15, -0.1) is 0 Å². The number of piperidine rings is 1. The first-order chi connectivity index (χ1) is 10.6. The molecule has 122 valence electrons. The van der Waals surface area contributed by atoms with E-state index in [1.54, 1.807) is 11.3 Å². The lowest BCUT2D eigenvalue weighted by Gasteiger charge is -2.34. The number of likely N-dealkylation sites (tertiary alicyclic amines) is 1. The van der Waals surface area contributed by atoms with Crippen LogP contribution in [0.25, 0.3) is 0 Å². The normalized spacial score (nSPS) is 17.2. The molecule has 0 bridgehead atoms. The van der Waals surface area contributed by atoms with Gasteiger partial charge >= 0.3 is 11.8 Å². The molecular formula is C16H25N3O2S. The predicted molar refractivity (Wildman–Crippen MR) is 88.8 cm³/mol. The summed E-state index contributed by atoms with van der Waals surface area (Å²) in [6.07, 6.45) is 3.67. The Kier molecular flexibility index (Phi) is 6.39. The first kappa shape index (κ1) is 17.0. The van der Waals surface area contributed by atoms with Crippen molar-refractivity contribution in [2.75, 3.05) is 19.6 Å². The number of amides is 2. The van der Waals surface area contributed by atoms with Crippen LogP contribution in [-0.4, -0.2) is 42.4 Å². The number of carbonyl (C=O) groups is 2. The zero-order valence-corrected chi connectivity index (χ0v) is 14.1. The van der Waals surface area contributed by atoms with E-state index >= 15 is 0 Å². The fourth-order valence-corrected chi connectivity index (χ4v) is 3.46. The third-order valence-electron chi connectivity index (χ3n) is 3.84. The Morgan fingerprint density at radius 2 is 1.95 bits per heavy atom. The Labute approximate surface area is 136 Å². The summed E-state index contributed by atoms with van der Waals surface area (Å²) in [5, 5.41) is 9.58. The van der Waals surface area contributed by atoms with Gasteiger partial charge in [0.05, 0.1) is 6.04 Å². The molecule has 1 unspecified atom stereocenters. The summed E-state index contributed by atoms with van der Waals surface area (Å²) in [7, 11) is 0. The monoisotopic (exact) mass is 323 g/mol. The second kappa shape index (κ2) is 8.29. The maximum Gasteiger partial charge on any atom is 0.309 e. The van der Waals surface area contributed by atoms with Crippen molar-refractivity contribution in [2.24, 2.45) is 0 Å². The summed E-state index contributed by atoms with van der Waals surface area (Å²) < 4.78 is 0. The van der Waals surface area contributed by atoms with Crippen LogP contribution in [0.3, 0.4) is 0 Å². The highest BCUT2D eigenvalue weighted by Crippen LogP contribution is 2.25. The molecule has 1 atom stereocenters. The summed E-state index contributed by atoms with van der Waals surface area (Å²) >= 11 is 1.66. The van der Waals surface area contributed by atoms with Gasteiger partial charge in [-0.3, -0.25) is 14.5 Å². The minimum atomic E-state index is -0.558. The predicted octanol–water partition coefficient (Wildman–Crippen LogP) is 1.92. The van der Waals surface area contributed by atoms with Crippen molar-refractivity contribution in [3.63, 3.8) is 0 Å². The van der Waals surface area contributed by atoms with Crippen molar-refractivity contribution >= 4 is 23.2 Å². The average Bonchev–Trinajstić information content (AvgIpc) is 3.02. The van der Waals surface area contributed by atoms with E-state index in [-0.39, 0.29) is 12.1 Å². The molecule has 2 N–H and O–H groups in total. The van der Waals surface area contributed by atoms with Gasteiger partial charge in [-0.2, -0.15) is 11.3 Å². The highest BCUT2D eigenvalue weighted by Gasteiger charge is 2.24. The van der Waals surface area contributed by atoms with Crippen LogP contribution in [0.1, 0.15) is 44.7 Å². The zero-order chi connectivity index (χ0) is 15.9. The third kappa shape index (κ3) is 4.81. The minimum absolute atomic E-state index is 0.0342. The number of rotatable bonds is 5. The van der Waals surface area contributed by atoms with Crippen LogP contribution in [0.15, 0.2) is 16.8 Å². The van der Waals surface area contributed by atoms with Crippen molar-refractivity contribution in [1.29, 1.82) is 0 Å². The molecule has 0 radical (unpaired) electrons. The quantitative estimate of drug-likeness (QED) is 0.814. The molecule has 0 spiro atoms. The van der Waals surface area contributed by atoms with E-state index in [1.165, 1.54) is 24.8 Å². The summed E-state index contributed by atoms with van der Waals surface area (Å²) in [5.74, 6) is -1.11. The molecule has 1 fully saturated rings. The average molecular weight is 323 g/mol. The van der Waals surface area contributed by atoms with Gasteiger partial charge in [-0.1, -0.05) is 6.42 Å². The number of hydrogen-bond donors (Lipinski definition) is 2. The topological polar surface area (TPSA) is 61.4 Å². The van der Waals surface area contributed by atoms with E-state index in [0.717, 1.165) is 13.1 Å². The van der Waals surface area contributed by atoms with Crippen molar-refractivity contribution in [3.05, 3.63) is 22.4 Å². The van der Waals surface area contributed by atoms with Crippen LogP contribution in [0.5, 0.6) is 0 Å². The highest BCUT2D eigenvalue weighted by molar-refractivity contribution is 7.07. The molecule has 22 heavy (non-hydrogen) atoms. The van der Waals surface area contributed by atoms with Crippen LogP contribution in [-0.2, 0) is 9.59 Å².